The monoisotopic (exact) mass is 830 g/mol. The van der Waals surface area contributed by atoms with Crippen molar-refractivity contribution in [3.05, 3.63) is 191 Å². The van der Waals surface area contributed by atoms with Crippen molar-refractivity contribution in [2.75, 3.05) is 22.9 Å². The maximum absolute atomic E-state index is 5.67. The third-order valence-corrected chi connectivity index (χ3v) is 13.0. The molecule has 0 aromatic heterocycles. The molecule has 0 amide bonds. The van der Waals surface area contributed by atoms with E-state index in [1.807, 2.05) is 34.9 Å². The van der Waals surface area contributed by atoms with Crippen molar-refractivity contribution in [1.82, 2.24) is 0 Å². The van der Waals surface area contributed by atoms with Gasteiger partial charge in [-0.2, -0.15) is 0 Å². The van der Waals surface area contributed by atoms with Crippen LogP contribution in [0.4, 0.5) is 11.4 Å². The predicted molar refractivity (Wildman–Crippen MR) is 228 cm³/mol. The normalized spacial score (nSPS) is 12.4. The Kier molecular flexibility index (Phi) is 14.8. The van der Waals surface area contributed by atoms with Crippen molar-refractivity contribution in [2.24, 2.45) is 0 Å². The van der Waals surface area contributed by atoms with Gasteiger partial charge in [-0.15, -0.1) is 0 Å². The minimum Gasteiger partial charge on any atom is -0.0622 e. The van der Waals surface area contributed by atoms with Crippen LogP contribution < -0.4 is 25.7 Å². The van der Waals surface area contributed by atoms with Gasteiger partial charge in [0.25, 0.3) is 0 Å². The minimum absolute atomic E-state index is 0.446. The summed E-state index contributed by atoms with van der Waals surface area (Å²) in [6, 6.07) is 51.3. The van der Waals surface area contributed by atoms with E-state index in [-0.39, 0.29) is 0 Å². The van der Waals surface area contributed by atoms with Crippen LogP contribution in [0.3, 0.4) is 0 Å². The van der Waals surface area contributed by atoms with Gasteiger partial charge in [-0.1, -0.05) is 126 Å². The number of nitrogens with zero attached hydrogens (tertiary/aromatic N) is 2. The van der Waals surface area contributed by atoms with Gasteiger partial charge in [0.15, 0.2) is 0 Å². The average Bonchev–Trinajstić information content (AvgIpc) is 3.58. The van der Waals surface area contributed by atoms with E-state index in [9.17, 15) is 0 Å². The Morgan fingerprint density at radius 2 is 0.808 bits per heavy atom. The zero-order chi connectivity index (χ0) is 37.0. The molecule has 1 aliphatic rings. The standard InChI is InChI=1S/C21H26N2.C18H15P.C7H6.2ClH.Ru/c1-14-9-16(3)20(17(4)10-14)22-7-8-23(13-22)21-18(5)11-15(2)12-19(21)6;1-4-10-16(11-5-1)19(17-12-6-2-7-13-17)18-14-8-3-9-15-18;1-7-5-3-2-4-6-7;;;/h9-12H,7-8H2,1-6H3;1-15H;1-6H;2*1H;/q;;;;;+2/p-2. The minimum atomic E-state index is -1.61. The summed E-state index contributed by atoms with van der Waals surface area (Å²) in [6.45, 7) is 18.7. The second-order valence-corrected chi connectivity index (χ2v) is 20.9. The fourth-order valence-electron chi connectivity index (χ4n) is 6.75. The molecule has 0 atom stereocenters. The first-order valence-electron chi connectivity index (χ1n) is 17.4. The fourth-order valence-corrected chi connectivity index (χ4v) is 10.9. The molecule has 268 valence electrons. The van der Waals surface area contributed by atoms with Gasteiger partial charge in [0.1, 0.15) is 0 Å². The molecule has 0 bridgehead atoms. The second kappa shape index (κ2) is 19.5. The first-order valence-corrected chi connectivity index (χ1v) is 24.2. The summed E-state index contributed by atoms with van der Waals surface area (Å²) < 4.78 is 1.92. The molecule has 0 spiro atoms. The second-order valence-electron chi connectivity index (χ2n) is 13.0. The molecule has 6 aromatic rings. The van der Waals surface area contributed by atoms with E-state index >= 15 is 0 Å². The molecular formula is C46H47Cl2N2PRu. The molecule has 1 heterocycles. The van der Waals surface area contributed by atoms with E-state index in [2.05, 4.69) is 173 Å². The first kappa shape index (κ1) is 39.6. The molecule has 0 aliphatic carbocycles. The number of benzene rings is 6. The zero-order valence-electron chi connectivity index (χ0n) is 30.8. The van der Waals surface area contributed by atoms with Crippen molar-refractivity contribution >= 4 is 59.2 Å². The largest absolute Gasteiger partial charge is 0.0622 e. The van der Waals surface area contributed by atoms with Crippen LogP contribution in [0.1, 0.15) is 38.9 Å². The van der Waals surface area contributed by atoms with E-state index in [1.54, 1.807) is 0 Å². The Bertz CT molecular complexity index is 1850. The quantitative estimate of drug-likeness (QED) is 0.122. The van der Waals surface area contributed by atoms with Crippen LogP contribution in [0.15, 0.2) is 146 Å². The molecule has 2 radical (unpaired) electrons. The maximum atomic E-state index is 5.67. The van der Waals surface area contributed by atoms with Crippen molar-refractivity contribution in [3.63, 3.8) is 0 Å². The number of aryl methyl sites for hydroxylation is 6. The maximum Gasteiger partial charge on any atom is -0.0134 e. The summed E-state index contributed by atoms with van der Waals surface area (Å²) in [6.07, 6.45) is 0. The van der Waals surface area contributed by atoms with Crippen LogP contribution in [0.2, 0.25) is 0 Å². The van der Waals surface area contributed by atoms with Gasteiger partial charge in [0.05, 0.1) is 0 Å². The third-order valence-electron chi connectivity index (χ3n) is 8.64. The smallest absolute Gasteiger partial charge is 0.0134 e. The van der Waals surface area contributed by atoms with Crippen LogP contribution in [-0.2, 0) is 13.5 Å². The summed E-state index contributed by atoms with van der Waals surface area (Å²) in [5.74, 6) is 0. The van der Waals surface area contributed by atoms with Gasteiger partial charge in [-0.3, -0.25) is 0 Å². The predicted octanol–water partition coefficient (Wildman–Crippen LogP) is 11.1. The molecule has 1 fully saturated rings. The molecule has 0 N–H and O–H groups in total. The van der Waals surface area contributed by atoms with Gasteiger partial charge in [0.2, 0.25) is 6.67 Å². The van der Waals surface area contributed by atoms with Crippen molar-refractivity contribution in [1.29, 1.82) is 0 Å². The molecule has 6 heteroatoms. The third kappa shape index (κ3) is 11.0. The Morgan fingerprint density at radius 3 is 1.12 bits per heavy atom. The van der Waals surface area contributed by atoms with Crippen molar-refractivity contribution < 1.29 is 13.5 Å². The Morgan fingerprint density at radius 1 is 0.500 bits per heavy atom. The Labute approximate surface area is 326 Å². The topological polar surface area (TPSA) is 6.48 Å². The number of halogens is 2. The number of rotatable bonds is 6. The molecular weight excluding hydrogens is 783 g/mol. The van der Waals surface area contributed by atoms with Crippen molar-refractivity contribution in [3.8, 4) is 0 Å². The Hall–Kier alpha value is -3.58. The van der Waals surface area contributed by atoms with Gasteiger partial charge in [0, 0.05) is 24.5 Å². The van der Waals surface area contributed by atoms with E-state index in [4.69, 9.17) is 19.4 Å². The van der Waals surface area contributed by atoms with Crippen LogP contribution in [0.5, 0.6) is 0 Å². The summed E-state index contributed by atoms with van der Waals surface area (Å²) in [5.41, 5.74) is 11.7. The molecule has 1 aliphatic heterocycles. The first-order chi connectivity index (χ1) is 25.1. The average molecular weight is 831 g/mol. The van der Waals surface area contributed by atoms with E-state index < -0.39 is 21.4 Å². The van der Waals surface area contributed by atoms with Gasteiger partial charge in [-0.05, 0) is 87.6 Å². The Balaban J connectivity index is 0.000000162. The van der Waals surface area contributed by atoms with E-state index in [0.29, 0.717) is 0 Å². The summed E-state index contributed by atoms with van der Waals surface area (Å²) in [4.78, 5) is 4.56. The number of anilines is 2. The molecule has 0 unspecified atom stereocenters. The summed E-state index contributed by atoms with van der Waals surface area (Å²) in [5, 5.41) is 4.19. The van der Waals surface area contributed by atoms with Crippen LogP contribution >= 0.6 is 27.3 Å². The van der Waals surface area contributed by atoms with Crippen LogP contribution in [-0.4, -0.2) is 17.7 Å². The van der Waals surface area contributed by atoms with Gasteiger partial charge < -0.3 is 9.80 Å². The SMILES string of the molecule is Cc1cc(C)c(N2[C]N(c3c(C)cc(C)cc3C)CC2)c(C)c1.[Cl][Ru]([Cl])=[CH]c1ccccc1.c1ccc(P(c2ccccc2)c2ccccc2)cc1. The number of hydrogen-bond acceptors (Lipinski definition) is 2. The fraction of sp³-hybridized carbons (Fsp3) is 0.174. The van der Waals surface area contributed by atoms with E-state index in [1.165, 1.54) is 60.7 Å². The molecule has 0 saturated carbocycles. The number of hydrogen-bond donors (Lipinski definition) is 0. The molecule has 1 saturated heterocycles. The van der Waals surface area contributed by atoms with Crippen molar-refractivity contribution in [2.45, 2.75) is 41.5 Å². The van der Waals surface area contributed by atoms with Gasteiger partial charge in [-0.25, -0.2) is 0 Å². The molecule has 52 heavy (non-hydrogen) atoms. The van der Waals surface area contributed by atoms with Gasteiger partial charge >= 0.3 is 73.4 Å². The molecule has 2 nitrogen and oxygen atoms in total. The summed E-state index contributed by atoms with van der Waals surface area (Å²) >= 11 is -1.61. The van der Waals surface area contributed by atoms with Crippen LogP contribution in [0, 0.1) is 48.2 Å². The van der Waals surface area contributed by atoms with E-state index in [0.717, 1.165) is 18.7 Å². The molecule has 6 aromatic carbocycles. The summed E-state index contributed by atoms with van der Waals surface area (Å²) in [7, 11) is 10.9. The molecule has 7 rings (SSSR count). The zero-order valence-corrected chi connectivity index (χ0v) is 34.9. The van der Waals surface area contributed by atoms with Crippen LogP contribution in [0.25, 0.3) is 0 Å².